The Balaban J connectivity index is 1.69. The molecular weight excluding hydrogens is 418 g/mol. The van der Waals surface area contributed by atoms with Crippen LogP contribution >= 0.6 is 23.1 Å². The first-order valence-electron chi connectivity index (χ1n) is 9.41. The lowest BCUT2D eigenvalue weighted by Crippen LogP contribution is -2.19. The first-order valence-corrected chi connectivity index (χ1v) is 11.2. The van der Waals surface area contributed by atoms with Crippen LogP contribution < -0.4 is 15.4 Å². The molecule has 0 saturated carbocycles. The number of thioether (sulfide) groups is 1. The number of nitrogens with zero attached hydrogens (tertiary/aromatic N) is 1. The molecule has 0 aliphatic rings. The summed E-state index contributed by atoms with van der Waals surface area (Å²) in [6.07, 6.45) is 0.993. The highest BCUT2D eigenvalue weighted by molar-refractivity contribution is 8.01. The molecule has 8 heteroatoms. The van der Waals surface area contributed by atoms with Gasteiger partial charge in [0.1, 0.15) is 16.4 Å². The maximum Gasteiger partial charge on any atom is 0.230 e. The summed E-state index contributed by atoms with van der Waals surface area (Å²) < 4.78 is 5.90. The average molecular weight is 442 g/mol. The molecule has 156 valence electrons. The van der Waals surface area contributed by atoms with Gasteiger partial charge >= 0.3 is 0 Å². The summed E-state index contributed by atoms with van der Waals surface area (Å²) in [7, 11) is 3.23. The number of carbonyl (C=O) groups excluding carboxylic acids is 2. The van der Waals surface area contributed by atoms with Crippen LogP contribution in [0, 0.1) is 0 Å². The van der Waals surface area contributed by atoms with E-state index in [1.54, 1.807) is 14.2 Å². The number of aryl methyl sites for hydroxylation is 1. The van der Waals surface area contributed by atoms with E-state index in [9.17, 15) is 9.59 Å². The Morgan fingerprint density at radius 2 is 1.80 bits per heavy atom. The van der Waals surface area contributed by atoms with E-state index in [0.717, 1.165) is 26.9 Å². The van der Waals surface area contributed by atoms with Crippen LogP contribution in [0.1, 0.15) is 12.0 Å². The molecule has 0 atom stereocenters. The number of thiazole rings is 1. The van der Waals surface area contributed by atoms with Crippen LogP contribution in [-0.4, -0.2) is 36.7 Å². The second kappa shape index (κ2) is 10.8. The van der Waals surface area contributed by atoms with Crippen molar-refractivity contribution in [2.75, 3.05) is 25.2 Å². The predicted octanol–water partition coefficient (Wildman–Crippen LogP) is 4.23. The van der Waals surface area contributed by atoms with Gasteiger partial charge in [0, 0.05) is 19.0 Å². The number of nitrogens with one attached hydrogen (secondary N) is 2. The minimum atomic E-state index is -0.0745. The van der Waals surface area contributed by atoms with Crippen molar-refractivity contribution < 1.29 is 14.3 Å². The number of rotatable bonds is 9. The lowest BCUT2D eigenvalue weighted by atomic mass is 10.1. The van der Waals surface area contributed by atoms with Crippen LogP contribution in [0.3, 0.4) is 0 Å². The van der Waals surface area contributed by atoms with Crippen LogP contribution in [0.25, 0.3) is 11.3 Å². The van der Waals surface area contributed by atoms with Crippen molar-refractivity contribution in [3.05, 3.63) is 60.2 Å². The first-order chi connectivity index (χ1) is 14.6. The van der Waals surface area contributed by atoms with Crippen molar-refractivity contribution in [2.45, 2.75) is 17.2 Å². The van der Waals surface area contributed by atoms with Crippen LogP contribution in [-0.2, 0) is 16.0 Å². The number of methoxy groups -OCH3 is 1. The molecule has 3 rings (SSSR count). The Morgan fingerprint density at radius 3 is 2.47 bits per heavy atom. The van der Waals surface area contributed by atoms with E-state index in [1.807, 2.05) is 54.6 Å². The number of ether oxygens (including phenoxy) is 1. The van der Waals surface area contributed by atoms with Gasteiger partial charge in [-0.3, -0.25) is 9.59 Å². The van der Waals surface area contributed by atoms with Gasteiger partial charge in [-0.15, -0.1) is 0 Å². The fourth-order valence-electron chi connectivity index (χ4n) is 2.68. The molecule has 3 aromatic rings. The summed E-state index contributed by atoms with van der Waals surface area (Å²) in [5, 5.41) is 6.30. The Hall–Kier alpha value is -2.84. The minimum absolute atomic E-state index is 0.0680. The highest BCUT2D eigenvalue weighted by Crippen LogP contribution is 2.37. The summed E-state index contributed by atoms with van der Waals surface area (Å²) in [5.41, 5.74) is 2.71. The van der Waals surface area contributed by atoms with Gasteiger partial charge < -0.3 is 15.4 Å². The molecule has 2 aromatic carbocycles. The van der Waals surface area contributed by atoms with E-state index in [-0.39, 0.29) is 17.6 Å². The second-order valence-corrected chi connectivity index (χ2v) is 8.60. The van der Waals surface area contributed by atoms with E-state index in [1.165, 1.54) is 23.1 Å². The van der Waals surface area contributed by atoms with Gasteiger partial charge in [-0.2, -0.15) is 0 Å². The second-order valence-electron chi connectivity index (χ2n) is 6.38. The fourth-order valence-corrected chi connectivity index (χ4v) is 4.63. The summed E-state index contributed by atoms with van der Waals surface area (Å²) in [5.74, 6) is 0.932. The molecule has 2 amide bonds. The van der Waals surface area contributed by atoms with Crippen LogP contribution in [0.15, 0.2) is 58.9 Å². The molecule has 1 aromatic heterocycles. The predicted molar refractivity (Wildman–Crippen MR) is 122 cm³/mol. The molecule has 0 spiro atoms. The van der Waals surface area contributed by atoms with Gasteiger partial charge in [-0.05, 0) is 24.1 Å². The standard InChI is InChI=1S/C22H23N3O3S2/c1-23-19(27)14-29-22-25-20(16-6-4-3-5-7-16)21(30-22)24-18(26)13-10-15-8-11-17(28-2)12-9-15/h3-9,11-12H,10,13-14H2,1-2H3,(H,23,27)(H,24,26). The zero-order valence-corrected chi connectivity index (χ0v) is 18.4. The molecule has 0 bridgehead atoms. The van der Waals surface area contributed by atoms with Crippen LogP contribution in [0.4, 0.5) is 5.00 Å². The van der Waals surface area contributed by atoms with Crippen LogP contribution in [0.5, 0.6) is 5.75 Å². The largest absolute Gasteiger partial charge is 0.497 e. The van der Waals surface area contributed by atoms with Gasteiger partial charge in [0.15, 0.2) is 4.34 Å². The highest BCUT2D eigenvalue weighted by Gasteiger charge is 2.16. The number of benzene rings is 2. The SMILES string of the molecule is CNC(=O)CSc1nc(-c2ccccc2)c(NC(=O)CCc2ccc(OC)cc2)s1. The molecule has 0 aliphatic carbocycles. The quantitative estimate of drug-likeness (QED) is 0.486. The molecule has 0 unspecified atom stereocenters. The summed E-state index contributed by atoms with van der Waals surface area (Å²) >= 11 is 2.74. The molecule has 6 nitrogen and oxygen atoms in total. The minimum Gasteiger partial charge on any atom is -0.497 e. The lowest BCUT2D eigenvalue weighted by molar-refractivity contribution is -0.118. The van der Waals surface area contributed by atoms with Gasteiger partial charge in [-0.1, -0.05) is 65.6 Å². The van der Waals surface area contributed by atoms with Crippen molar-refractivity contribution in [1.82, 2.24) is 10.3 Å². The Morgan fingerprint density at radius 1 is 1.07 bits per heavy atom. The third-order valence-corrected chi connectivity index (χ3v) is 6.43. The summed E-state index contributed by atoms with van der Waals surface area (Å²) in [6, 6.07) is 17.4. The third kappa shape index (κ3) is 6.08. The van der Waals surface area contributed by atoms with E-state index in [4.69, 9.17) is 4.74 Å². The van der Waals surface area contributed by atoms with Crippen LogP contribution in [0.2, 0.25) is 0 Å². The number of anilines is 1. The van der Waals surface area contributed by atoms with E-state index >= 15 is 0 Å². The van der Waals surface area contributed by atoms with Gasteiger partial charge in [0.25, 0.3) is 0 Å². The summed E-state index contributed by atoms with van der Waals surface area (Å²) in [4.78, 5) is 28.8. The first kappa shape index (κ1) is 21.9. The van der Waals surface area contributed by atoms with E-state index < -0.39 is 0 Å². The third-order valence-electron chi connectivity index (χ3n) is 4.31. The Bertz CT molecular complexity index is 989. The fraction of sp³-hybridized carbons (Fsp3) is 0.227. The molecular formula is C22H23N3O3S2. The molecule has 0 aliphatic heterocycles. The van der Waals surface area contributed by atoms with E-state index in [0.29, 0.717) is 17.8 Å². The lowest BCUT2D eigenvalue weighted by Gasteiger charge is -2.06. The normalized spacial score (nSPS) is 10.5. The molecule has 0 saturated heterocycles. The topological polar surface area (TPSA) is 80.3 Å². The zero-order valence-electron chi connectivity index (χ0n) is 16.8. The van der Waals surface area contributed by atoms with E-state index in [2.05, 4.69) is 15.6 Å². The number of amides is 2. The number of carbonyl (C=O) groups is 2. The maximum atomic E-state index is 12.6. The Kier molecular flexibility index (Phi) is 7.87. The smallest absolute Gasteiger partial charge is 0.230 e. The van der Waals surface area contributed by atoms with Crippen molar-refractivity contribution in [3.8, 4) is 17.0 Å². The maximum absolute atomic E-state index is 12.6. The van der Waals surface area contributed by atoms with Crippen molar-refractivity contribution >= 4 is 39.9 Å². The van der Waals surface area contributed by atoms with Crippen molar-refractivity contribution in [3.63, 3.8) is 0 Å². The molecule has 0 radical (unpaired) electrons. The number of hydrogen-bond donors (Lipinski definition) is 2. The van der Waals surface area contributed by atoms with Gasteiger partial charge in [0.05, 0.1) is 12.9 Å². The number of aromatic nitrogens is 1. The van der Waals surface area contributed by atoms with Gasteiger partial charge in [0.2, 0.25) is 11.8 Å². The van der Waals surface area contributed by atoms with Crippen molar-refractivity contribution in [1.29, 1.82) is 0 Å². The molecule has 1 heterocycles. The van der Waals surface area contributed by atoms with Crippen molar-refractivity contribution in [2.24, 2.45) is 0 Å². The Labute approximate surface area is 184 Å². The summed E-state index contributed by atoms with van der Waals surface area (Å²) in [6.45, 7) is 0. The highest BCUT2D eigenvalue weighted by atomic mass is 32.2. The zero-order chi connectivity index (χ0) is 21.3. The number of hydrogen-bond acceptors (Lipinski definition) is 6. The van der Waals surface area contributed by atoms with Gasteiger partial charge in [-0.25, -0.2) is 4.98 Å². The molecule has 2 N–H and O–H groups in total. The average Bonchev–Trinajstić information content (AvgIpc) is 3.19. The molecule has 30 heavy (non-hydrogen) atoms. The molecule has 0 fully saturated rings. The monoisotopic (exact) mass is 441 g/mol.